The van der Waals surface area contributed by atoms with Crippen molar-refractivity contribution in [3.05, 3.63) is 47.4 Å². The average molecular weight is 258 g/mol. The predicted octanol–water partition coefficient (Wildman–Crippen LogP) is 1.68. The lowest BCUT2D eigenvalue weighted by Gasteiger charge is -2.09. The zero-order valence-electron chi connectivity index (χ0n) is 10.4. The van der Waals surface area contributed by atoms with Gasteiger partial charge in [-0.3, -0.25) is 4.98 Å². The lowest BCUT2D eigenvalue weighted by Crippen LogP contribution is -2.08. The standard InChI is InChI=1S/C13H14N4O2/c1-8-3-2-4-15-11(8)7-17-12-10(14)5-9(6-16-12)13(18)19/h2-6H,7,14H2,1H3,(H,16,17)(H,18,19). The maximum absolute atomic E-state index is 10.8. The van der Waals surface area contributed by atoms with E-state index < -0.39 is 5.97 Å². The Balaban J connectivity index is 2.12. The van der Waals surface area contributed by atoms with Crippen molar-refractivity contribution in [2.24, 2.45) is 0 Å². The Morgan fingerprint density at radius 3 is 2.89 bits per heavy atom. The zero-order chi connectivity index (χ0) is 13.8. The van der Waals surface area contributed by atoms with E-state index in [-0.39, 0.29) is 5.56 Å². The van der Waals surface area contributed by atoms with Crippen LogP contribution in [0.15, 0.2) is 30.6 Å². The number of hydrogen-bond acceptors (Lipinski definition) is 5. The summed E-state index contributed by atoms with van der Waals surface area (Å²) in [5.74, 6) is -0.596. The van der Waals surface area contributed by atoms with Crippen molar-refractivity contribution in [3.63, 3.8) is 0 Å². The zero-order valence-corrected chi connectivity index (χ0v) is 10.4. The van der Waals surface area contributed by atoms with Crippen LogP contribution in [0.4, 0.5) is 11.5 Å². The molecule has 6 heteroatoms. The van der Waals surface area contributed by atoms with Crippen LogP contribution in [-0.2, 0) is 6.54 Å². The van der Waals surface area contributed by atoms with Gasteiger partial charge < -0.3 is 16.2 Å². The van der Waals surface area contributed by atoms with E-state index in [2.05, 4.69) is 15.3 Å². The number of hydrogen-bond donors (Lipinski definition) is 3. The highest BCUT2D eigenvalue weighted by atomic mass is 16.4. The number of carbonyl (C=O) groups is 1. The molecule has 0 amide bonds. The van der Waals surface area contributed by atoms with E-state index in [1.54, 1.807) is 6.20 Å². The minimum Gasteiger partial charge on any atom is -0.478 e. The number of aromatic nitrogens is 2. The summed E-state index contributed by atoms with van der Waals surface area (Å²) in [5.41, 5.74) is 8.08. The number of rotatable bonds is 4. The van der Waals surface area contributed by atoms with Crippen LogP contribution in [0.25, 0.3) is 0 Å². The number of nitrogens with zero attached hydrogens (tertiary/aromatic N) is 2. The maximum atomic E-state index is 10.8. The van der Waals surface area contributed by atoms with Crippen molar-refractivity contribution in [2.45, 2.75) is 13.5 Å². The van der Waals surface area contributed by atoms with Gasteiger partial charge in [0.25, 0.3) is 0 Å². The summed E-state index contributed by atoms with van der Waals surface area (Å²) in [6, 6.07) is 5.21. The van der Waals surface area contributed by atoms with E-state index in [0.29, 0.717) is 18.1 Å². The Morgan fingerprint density at radius 2 is 2.26 bits per heavy atom. The van der Waals surface area contributed by atoms with Crippen LogP contribution < -0.4 is 11.1 Å². The Morgan fingerprint density at radius 1 is 1.47 bits per heavy atom. The third-order valence-electron chi connectivity index (χ3n) is 2.71. The van der Waals surface area contributed by atoms with Crippen LogP contribution in [0.3, 0.4) is 0 Å². The molecule has 0 fully saturated rings. The molecular weight excluding hydrogens is 244 g/mol. The van der Waals surface area contributed by atoms with Crippen LogP contribution in [0.1, 0.15) is 21.6 Å². The molecule has 2 rings (SSSR count). The molecule has 0 aromatic carbocycles. The molecule has 4 N–H and O–H groups in total. The highest BCUT2D eigenvalue weighted by Gasteiger charge is 2.08. The molecule has 0 unspecified atom stereocenters. The molecule has 0 spiro atoms. The van der Waals surface area contributed by atoms with Gasteiger partial charge in [-0.1, -0.05) is 6.07 Å². The second-order valence-corrected chi connectivity index (χ2v) is 4.09. The van der Waals surface area contributed by atoms with Crippen LogP contribution in [0, 0.1) is 6.92 Å². The summed E-state index contributed by atoms with van der Waals surface area (Å²) in [7, 11) is 0. The van der Waals surface area contributed by atoms with E-state index in [4.69, 9.17) is 10.8 Å². The van der Waals surface area contributed by atoms with Gasteiger partial charge in [-0.15, -0.1) is 0 Å². The molecule has 0 aliphatic carbocycles. The molecular formula is C13H14N4O2. The number of carboxylic acids is 1. The smallest absolute Gasteiger partial charge is 0.337 e. The van der Waals surface area contributed by atoms with Crippen molar-refractivity contribution in [1.29, 1.82) is 0 Å². The minimum absolute atomic E-state index is 0.0667. The SMILES string of the molecule is Cc1cccnc1CNc1ncc(C(=O)O)cc1N. The Kier molecular flexibility index (Phi) is 3.61. The first-order chi connectivity index (χ1) is 9.08. The number of carboxylic acid groups (broad SMARTS) is 1. The third-order valence-corrected chi connectivity index (χ3v) is 2.71. The van der Waals surface area contributed by atoms with E-state index in [9.17, 15) is 4.79 Å². The molecule has 0 saturated carbocycles. The summed E-state index contributed by atoms with van der Waals surface area (Å²) in [6.45, 7) is 2.45. The first-order valence-corrected chi connectivity index (χ1v) is 5.71. The maximum Gasteiger partial charge on any atom is 0.337 e. The van der Waals surface area contributed by atoms with Crippen LogP contribution in [-0.4, -0.2) is 21.0 Å². The molecule has 0 radical (unpaired) electrons. The van der Waals surface area contributed by atoms with Gasteiger partial charge in [-0.25, -0.2) is 9.78 Å². The van der Waals surface area contributed by atoms with E-state index in [0.717, 1.165) is 11.3 Å². The van der Waals surface area contributed by atoms with Gasteiger partial charge >= 0.3 is 5.97 Å². The molecule has 0 atom stereocenters. The van der Waals surface area contributed by atoms with Crippen molar-refractivity contribution in [1.82, 2.24) is 9.97 Å². The number of aromatic carboxylic acids is 1. The summed E-state index contributed by atoms with van der Waals surface area (Å²) in [6.07, 6.45) is 2.99. The van der Waals surface area contributed by atoms with Crippen molar-refractivity contribution in [2.75, 3.05) is 11.1 Å². The molecule has 0 aliphatic rings. The fourth-order valence-corrected chi connectivity index (χ4v) is 1.62. The van der Waals surface area contributed by atoms with Crippen LogP contribution in [0.5, 0.6) is 0 Å². The highest BCUT2D eigenvalue weighted by molar-refractivity contribution is 5.89. The van der Waals surface area contributed by atoms with Gasteiger partial charge in [-0.05, 0) is 24.6 Å². The lowest BCUT2D eigenvalue weighted by atomic mass is 10.2. The number of nitrogen functional groups attached to an aromatic ring is 1. The number of aryl methyl sites for hydroxylation is 1. The Hall–Kier alpha value is -2.63. The molecule has 0 bridgehead atoms. The fourth-order valence-electron chi connectivity index (χ4n) is 1.62. The number of pyridine rings is 2. The minimum atomic E-state index is -1.05. The van der Waals surface area contributed by atoms with Crippen LogP contribution >= 0.6 is 0 Å². The second-order valence-electron chi connectivity index (χ2n) is 4.09. The molecule has 0 saturated heterocycles. The number of anilines is 2. The fraction of sp³-hybridized carbons (Fsp3) is 0.154. The molecule has 98 valence electrons. The lowest BCUT2D eigenvalue weighted by molar-refractivity contribution is 0.0696. The monoisotopic (exact) mass is 258 g/mol. The molecule has 19 heavy (non-hydrogen) atoms. The first-order valence-electron chi connectivity index (χ1n) is 5.71. The quantitative estimate of drug-likeness (QED) is 0.771. The summed E-state index contributed by atoms with van der Waals surface area (Å²) < 4.78 is 0. The van der Waals surface area contributed by atoms with Gasteiger partial charge in [0.2, 0.25) is 0 Å². The van der Waals surface area contributed by atoms with Gasteiger partial charge in [0.05, 0.1) is 23.5 Å². The van der Waals surface area contributed by atoms with Crippen molar-refractivity contribution >= 4 is 17.5 Å². The topological polar surface area (TPSA) is 101 Å². The van der Waals surface area contributed by atoms with Gasteiger partial charge in [0.15, 0.2) is 0 Å². The van der Waals surface area contributed by atoms with E-state index in [1.165, 1.54) is 12.3 Å². The summed E-state index contributed by atoms with van der Waals surface area (Å²) in [5, 5.41) is 11.9. The highest BCUT2D eigenvalue weighted by Crippen LogP contribution is 2.17. The predicted molar refractivity (Wildman–Crippen MR) is 71.9 cm³/mol. The normalized spacial score (nSPS) is 10.2. The van der Waals surface area contributed by atoms with Crippen LogP contribution in [0.2, 0.25) is 0 Å². The number of nitrogens with one attached hydrogen (secondary N) is 1. The van der Waals surface area contributed by atoms with Gasteiger partial charge in [0.1, 0.15) is 5.82 Å². The van der Waals surface area contributed by atoms with Crippen molar-refractivity contribution < 1.29 is 9.90 Å². The van der Waals surface area contributed by atoms with Gasteiger partial charge in [-0.2, -0.15) is 0 Å². The van der Waals surface area contributed by atoms with E-state index >= 15 is 0 Å². The molecule has 2 aromatic rings. The first kappa shape index (κ1) is 12.8. The largest absolute Gasteiger partial charge is 0.478 e. The average Bonchev–Trinajstić information content (AvgIpc) is 2.39. The molecule has 2 aromatic heterocycles. The van der Waals surface area contributed by atoms with Crippen molar-refractivity contribution in [3.8, 4) is 0 Å². The molecule has 6 nitrogen and oxygen atoms in total. The summed E-state index contributed by atoms with van der Waals surface area (Å²) in [4.78, 5) is 19.0. The Bertz CT molecular complexity index is 613. The second kappa shape index (κ2) is 5.34. The molecule has 0 aliphatic heterocycles. The molecule has 2 heterocycles. The Labute approximate surface area is 110 Å². The number of nitrogens with two attached hydrogens (primary N) is 1. The van der Waals surface area contributed by atoms with E-state index in [1.807, 2.05) is 19.1 Å². The van der Waals surface area contributed by atoms with Gasteiger partial charge in [0, 0.05) is 12.4 Å². The third kappa shape index (κ3) is 2.98. The summed E-state index contributed by atoms with van der Waals surface area (Å²) >= 11 is 0.